The Morgan fingerprint density at radius 1 is 0.700 bits per heavy atom. The lowest BCUT2D eigenvalue weighted by Gasteiger charge is -2.31. The van der Waals surface area contributed by atoms with E-state index in [0.717, 1.165) is 11.1 Å². The van der Waals surface area contributed by atoms with Gasteiger partial charge in [-0.25, -0.2) is 0 Å². The predicted molar refractivity (Wildman–Crippen MR) is 83.2 cm³/mol. The Hall–Kier alpha value is -1.04. The van der Waals surface area contributed by atoms with Crippen molar-refractivity contribution in [2.75, 3.05) is 0 Å². The zero-order valence-electron chi connectivity index (χ0n) is 11.1. The summed E-state index contributed by atoms with van der Waals surface area (Å²) in [6.07, 6.45) is -4.36. The van der Waals surface area contributed by atoms with Crippen LogP contribution in [0.2, 0.25) is 0 Å². The molecule has 0 aromatic heterocycles. The number of hydrogen-bond donors (Lipinski definition) is 0. The van der Waals surface area contributed by atoms with Gasteiger partial charge in [-0.3, -0.25) is 0 Å². The van der Waals surface area contributed by atoms with E-state index in [4.69, 9.17) is 0 Å². The van der Waals surface area contributed by atoms with Gasteiger partial charge in [-0.2, -0.15) is 13.2 Å². The predicted octanol–water partition coefficient (Wildman–Crippen LogP) is 5.54. The first-order valence-electron chi connectivity index (χ1n) is 6.15. The molecule has 0 radical (unpaired) electrons. The summed E-state index contributed by atoms with van der Waals surface area (Å²) >= 11 is 1.51. The van der Waals surface area contributed by atoms with E-state index in [1.807, 2.05) is 13.8 Å². The lowest BCUT2D eigenvalue weighted by molar-refractivity contribution is -0.146. The van der Waals surface area contributed by atoms with E-state index in [2.05, 4.69) is 0 Å². The molecule has 0 saturated carbocycles. The zero-order chi connectivity index (χ0) is 15.0. The highest BCUT2D eigenvalue weighted by molar-refractivity contribution is 14.1. The maximum atomic E-state index is 13.7. The molecule has 2 aromatic rings. The Balaban J connectivity index is 2.62. The van der Waals surface area contributed by atoms with E-state index in [0.29, 0.717) is 0 Å². The second-order valence-electron chi connectivity index (χ2n) is 4.89. The molecular weight excluding hydrogens is 376 g/mol. The van der Waals surface area contributed by atoms with Crippen LogP contribution < -0.4 is 0 Å². The topological polar surface area (TPSA) is 0 Å². The summed E-state index contributed by atoms with van der Waals surface area (Å²) < 4.78 is 39.0. The molecule has 4 heteroatoms. The Morgan fingerprint density at radius 3 is 1.25 bits per heavy atom. The molecular formula is C16H14F3I. The van der Waals surface area contributed by atoms with Crippen LogP contribution >= 0.6 is 22.6 Å². The van der Waals surface area contributed by atoms with Crippen molar-refractivity contribution in [2.45, 2.75) is 23.4 Å². The fraction of sp³-hybridized carbons (Fsp3) is 0.250. The normalized spacial score (nSPS) is 12.5. The lowest BCUT2D eigenvalue weighted by atomic mass is 9.89. The van der Waals surface area contributed by atoms with Crippen molar-refractivity contribution in [2.24, 2.45) is 0 Å². The monoisotopic (exact) mass is 390 g/mol. The molecule has 0 atom stereocenters. The lowest BCUT2D eigenvalue weighted by Crippen LogP contribution is -2.37. The molecule has 0 fully saturated rings. The van der Waals surface area contributed by atoms with Gasteiger partial charge in [0.15, 0.2) is 3.42 Å². The van der Waals surface area contributed by atoms with Crippen molar-refractivity contribution in [3.63, 3.8) is 0 Å². The summed E-state index contributed by atoms with van der Waals surface area (Å²) in [5.74, 6) is 0. The number of rotatable bonds is 2. The minimum atomic E-state index is -4.36. The third-order valence-electron chi connectivity index (χ3n) is 3.29. The van der Waals surface area contributed by atoms with Crippen molar-refractivity contribution < 1.29 is 13.2 Å². The molecule has 106 valence electrons. The summed E-state index contributed by atoms with van der Waals surface area (Å²) in [5, 5.41) is 0. The highest BCUT2D eigenvalue weighted by Gasteiger charge is 2.55. The first-order valence-corrected chi connectivity index (χ1v) is 7.23. The van der Waals surface area contributed by atoms with E-state index in [1.165, 1.54) is 22.6 Å². The quantitative estimate of drug-likeness (QED) is 0.466. The minimum Gasteiger partial charge on any atom is -0.169 e. The standard InChI is InChI=1S/C16H14F3I/c1-11-3-7-13(8-4-11)15(20,16(17,18)19)14-9-5-12(2)6-10-14/h3-10H,1-2H3. The molecule has 20 heavy (non-hydrogen) atoms. The van der Waals surface area contributed by atoms with Crippen LogP contribution in [0.1, 0.15) is 22.3 Å². The fourth-order valence-corrected chi connectivity index (χ4v) is 2.78. The van der Waals surface area contributed by atoms with Gasteiger partial charge < -0.3 is 0 Å². The van der Waals surface area contributed by atoms with Crippen molar-refractivity contribution in [3.8, 4) is 0 Å². The van der Waals surface area contributed by atoms with Gasteiger partial charge in [0.25, 0.3) is 0 Å². The largest absolute Gasteiger partial charge is 0.411 e. The van der Waals surface area contributed by atoms with Crippen LogP contribution in [0, 0.1) is 13.8 Å². The van der Waals surface area contributed by atoms with E-state index in [-0.39, 0.29) is 11.1 Å². The van der Waals surface area contributed by atoms with Crippen LogP contribution in [0.3, 0.4) is 0 Å². The van der Waals surface area contributed by atoms with Gasteiger partial charge in [0, 0.05) is 0 Å². The second-order valence-corrected chi connectivity index (χ2v) is 6.51. The van der Waals surface area contributed by atoms with Crippen molar-refractivity contribution in [3.05, 3.63) is 70.8 Å². The molecule has 0 spiro atoms. The highest BCUT2D eigenvalue weighted by Crippen LogP contribution is 2.51. The molecule has 0 nitrogen and oxygen atoms in total. The number of alkyl halides is 4. The molecule has 0 aliphatic rings. The fourth-order valence-electron chi connectivity index (χ4n) is 2.06. The van der Waals surface area contributed by atoms with Gasteiger partial charge in [0.1, 0.15) is 0 Å². The average molecular weight is 390 g/mol. The first kappa shape index (κ1) is 15.4. The molecule has 0 bridgehead atoms. The first-order chi connectivity index (χ1) is 9.25. The van der Waals surface area contributed by atoms with Gasteiger partial charge in [-0.05, 0) is 25.0 Å². The molecule has 0 heterocycles. The van der Waals surface area contributed by atoms with Crippen LogP contribution in [0.4, 0.5) is 13.2 Å². The van der Waals surface area contributed by atoms with E-state index in [1.54, 1.807) is 48.5 Å². The summed E-state index contributed by atoms with van der Waals surface area (Å²) in [6.45, 7) is 3.72. The molecule has 2 rings (SSSR count). The van der Waals surface area contributed by atoms with Gasteiger partial charge >= 0.3 is 6.18 Å². The third kappa shape index (κ3) is 2.71. The van der Waals surface area contributed by atoms with Gasteiger partial charge in [0.2, 0.25) is 0 Å². The minimum absolute atomic E-state index is 0.250. The smallest absolute Gasteiger partial charge is 0.169 e. The third-order valence-corrected chi connectivity index (χ3v) is 5.15. The average Bonchev–Trinajstić information content (AvgIpc) is 2.38. The number of halogens is 4. The summed E-state index contributed by atoms with van der Waals surface area (Å²) in [5.41, 5.74) is 2.39. The number of benzene rings is 2. The van der Waals surface area contributed by atoms with Crippen molar-refractivity contribution in [1.82, 2.24) is 0 Å². The number of hydrogen-bond acceptors (Lipinski definition) is 0. The van der Waals surface area contributed by atoms with Crippen molar-refractivity contribution in [1.29, 1.82) is 0 Å². The molecule has 0 unspecified atom stereocenters. The molecule has 0 amide bonds. The van der Waals surface area contributed by atoms with E-state index < -0.39 is 9.60 Å². The highest BCUT2D eigenvalue weighted by atomic mass is 127. The van der Waals surface area contributed by atoms with E-state index in [9.17, 15) is 13.2 Å². The molecule has 0 aliphatic carbocycles. The van der Waals surface area contributed by atoms with Crippen LogP contribution in [0.5, 0.6) is 0 Å². The molecule has 2 aromatic carbocycles. The van der Waals surface area contributed by atoms with Gasteiger partial charge in [0.05, 0.1) is 0 Å². The summed E-state index contributed by atoms with van der Waals surface area (Å²) in [4.78, 5) is 0. The second kappa shape index (κ2) is 5.39. The molecule has 0 N–H and O–H groups in total. The molecule has 0 saturated heterocycles. The van der Waals surface area contributed by atoms with Gasteiger partial charge in [-0.15, -0.1) is 0 Å². The summed E-state index contributed by atoms with van der Waals surface area (Å²) in [6, 6.07) is 13.0. The Labute approximate surface area is 130 Å². The molecule has 0 aliphatic heterocycles. The van der Waals surface area contributed by atoms with Crippen LogP contribution in [0.15, 0.2) is 48.5 Å². The SMILES string of the molecule is Cc1ccc(C(I)(c2ccc(C)cc2)C(F)(F)F)cc1. The Morgan fingerprint density at radius 2 is 1.00 bits per heavy atom. The van der Waals surface area contributed by atoms with Gasteiger partial charge in [-0.1, -0.05) is 82.2 Å². The number of aryl methyl sites for hydroxylation is 2. The van der Waals surface area contributed by atoms with E-state index >= 15 is 0 Å². The zero-order valence-corrected chi connectivity index (χ0v) is 13.3. The van der Waals surface area contributed by atoms with Crippen LogP contribution in [-0.2, 0) is 3.42 Å². The Kier molecular flexibility index (Phi) is 4.14. The maximum Gasteiger partial charge on any atom is 0.411 e. The van der Waals surface area contributed by atoms with Crippen LogP contribution in [0.25, 0.3) is 0 Å². The Bertz CT molecular complexity index is 537. The van der Waals surface area contributed by atoms with Crippen LogP contribution in [-0.4, -0.2) is 6.18 Å². The summed E-state index contributed by atoms with van der Waals surface area (Å²) in [7, 11) is 0. The maximum absolute atomic E-state index is 13.7. The van der Waals surface area contributed by atoms with Crippen molar-refractivity contribution >= 4 is 22.6 Å².